The molecule has 0 bridgehead atoms. The molecule has 2 aromatic carbocycles. The summed E-state index contributed by atoms with van der Waals surface area (Å²) in [7, 11) is 0. The van der Waals surface area contributed by atoms with Gasteiger partial charge in [0.2, 0.25) is 0 Å². The summed E-state index contributed by atoms with van der Waals surface area (Å²) in [5.74, 6) is -0.472. The molecule has 23 heavy (non-hydrogen) atoms. The summed E-state index contributed by atoms with van der Waals surface area (Å²) in [4.78, 5) is 24.0. The first-order chi connectivity index (χ1) is 11.0. The van der Waals surface area contributed by atoms with Crippen molar-refractivity contribution in [2.45, 2.75) is 20.8 Å². The summed E-state index contributed by atoms with van der Waals surface area (Å²) in [6, 6.07) is 14.0. The third-order valence-electron chi connectivity index (χ3n) is 3.07. The summed E-state index contributed by atoms with van der Waals surface area (Å²) in [5, 5.41) is 6.67. The highest BCUT2D eigenvalue weighted by molar-refractivity contribution is 6.04. The lowest BCUT2D eigenvalue weighted by Crippen LogP contribution is -2.18. The van der Waals surface area contributed by atoms with Crippen LogP contribution in [0, 0.1) is 6.92 Å². The van der Waals surface area contributed by atoms with Crippen molar-refractivity contribution in [3.05, 3.63) is 65.2 Å². The number of benzene rings is 2. The highest BCUT2D eigenvalue weighted by Crippen LogP contribution is 2.12. The fourth-order valence-electron chi connectivity index (χ4n) is 1.92. The third kappa shape index (κ3) is 4.78. The van der Waals surface area contributed by atoms with Crippen LogP contribution in [0.15, 0.2) is 53.6 Å². The summed E-state index contributed by atoms with van der Waals surface area (Å²) in [6.07, 6.45) is 0. The van der Waals surface area contributed by atoms with Crippen LogP contribution in [0.5, 0.6) is 0 Å². The van der Waals surface area contributed by atoms with E-state index in [4.69, 9.17) is 0 Å². The van der Waals surface area contributed by atoms with Gasteiger partial charge in [-0.05, 0) is 57.2 Å². The van der Waals surface area contributed by atoms with Crippen LogP contribution in [0.3, 0.4) is 0 Å². The first-order valence-corrected chi connectivity index (χ1v) is 7.25. The second-order valence-electron chi connectivity index (χ2n) is 5.40. The van der Waals surface area contributed by atoms with Crippen LogP contribution in [-0.4, -0.2) is 17.5 Å². The lowest BCUT2D eigenvalue weighted by molar-refractivity contribution is 0.0954. The van der Waals surface area contributed by atoms with Crippen LogP contribution in [0.1, 0.15) is 40.1 Å². The van der Waals surface area contributed by atoms with Gasteiger partial charge in [-0.15, -0.1) is 0 Å². The Kier molecular flexibility index (Phi) is 5.25. The Morgan fingerprint density at radius 1 is 0.913 bits per heavy atom. The number of carbonyl (C=O) groups is 2. The molecule has 0 radical (unpaired) electrons. The molecular formula is C18H19N3O2. The van der Waals surface area contributed by atoms with E-state index in [2.05, 4.69) is 15.8 Å². The molecule has 0 heterocycles. The number of nitrogens with one attached hydrogen (secondary N) is 2. The first-order valence-electron chi connectivity index (χ1n) is 7.25. The number of rotatable bonds is 4. The Bertz CT molecular complexity index is 745. The van der Waals surface area contributed by atoms with Crippen molar-refractivity contribution in [3.8, 4) is 0 Å². The molecule has 0 aliphatic rings. The maximum Gasteiger partial charge on any atom is 0.271 e. The third-order valence-corrected chi connectivity index (χ3v) is 3.07. The predicted molar refractivity (Wildman–Crippen MR) is 91.8 cm³/mol. The number of hydrazone groups is 1. The summed E-state index contributed by atoms with van der Waals surface area (Å²) in [6.45, 7) is 5.53. The maximum atomic E-state index is 12.2. The van der Waals surface area contributed by atoms with E-state index in [1.807, 2.05) is 25.1 Å². The van der Waals surface area contributed by atoms with Crippen LogP contribution >= 0.6 is 0 Å². The zero-order chi connectivity index (χ0) is 16.8. The summed E-state index contributed by atoms with van der Waals surface area (Å²) in [5.41, 5.74) is 5.94. The van der Waals surface area contributed by atoms with Crippen molar-refractivity contribution in [2.24, 2.45) is 5.10 Å². The second kappa shape index (κ2) is 7.35. The largest absolute Gasteiger partial charge is 0.322 e. The van der Waals surface area contributed by atoms with Gasteiger partial charge in [0.15, 0.2) is 0 Å². The Morgan fingerprint density at radius 3 is 2.22 bits per heavy atom. The molecule has 0 aliphatic carbocycles. The average molecular weight is 309 g/mol. The average Bonchev–Trinajstić information content (AvgIpc) is 2.53. The van der Waals surface area contributed by atoms with Crippen molar-refractivity contribution >= 4 is 23.2 Å². The first kappa shape index (κ1) is 16.4. The maximum absolute atomic E-state index is 12.2. The number of carbonyl (C=O) groups excluding carboxylic acids is 2. The van der Waals surface area contributed by atoms with Crippen molar-refractivity contribution < 1.29 is 9.59 Å². The Balaban J connectivity index is 2.04. The lowest BCUT2D eigenvalue weighted by Gasteiger charge is -2.07. The van der Waals surface area contributed by atoms with E-state index < -0.39 is 0 Å². The monoisotopic (exact) mass is 309 g/mol. The van der Waals surface area contributed by atoms with Gasteiger partial charge in [-0.1, -0.05) is 17.7 Å². The minimum Gasteiger partial charge on any atom is -0.322 e. The Labute approximate surface area is 135 Å². The number of aryl methyl sites for hydroxylation is 1. The molecule has 2 N–H and O–H groups in total. The van der Waals surface area contributed by atoms with Crippen molar-refractivity contribution in [2.75, 3.05) is 5.32 Å². The van der Waals surface area contributed by atoms with Gasteiger partial charge in [0.1, 0.15) is 0 Å². The normalized spacial score (nSPS) is 9.87. The zero-order valence-electron chi connectivity index (χ0n) is 13.4. The van der Waals surface area contributed by atoms with E-state index in [-0.39, 0.29) is 11.8 Å². The van der Waals surface area contributed by atoms with Crippen LogP contribution < -0.4 is 10.7 Å². The van der Waals surface area contributed by atoms with E-state index in [9.17, 15) is 9.59 Å². The molecule has 0 aromatic heterocycles. The predicted octanol–water partition coefficient (Wildman–Crippen LogP) is 3.37. The molecule has 2 amide bonds. The van der Waals surface area contributed by atoms with Gasteiger partial charge in [-0.25, -0.2) is 5.43 Å². The minimum atomic E-state index is -0.289. The molecular weight excluding hydrogens is 290 g/mol. The second-order valence-corrected chi connectivity index (χ2v) is 5.40. The minimum absolute atomic E-state index is 0.183. The topological polar surface area (TPSA) is 70.6 Å². The summed E-state index contributed by atoms with van der Waals surface area (Å²) < 4.78 is 0. The van der Waals surface area contributed by atoms with Crippen LogP contribution in [0.4, 0.5) is 5.69 Å². The number of hydrogen-bond acceptors (Lipinski definition) is 3. The molecule has 5 nitrogen and oxygen atoms in total. The van der Waals surface area contributed by atoms with Gasteiger partial charge in [-0.2, -0.15) is 5.10 Å². The van der Waals surface area contributed by atoms with E-state index in [0.717, 1.165) is 11.3 Å². The highest BCUT2D eigenvalue weighted by Gasteiger charge is 2.08. The molecule has 2 rings (SSSR count). The Morgan fingerprint density at radius 2 is 1.61 bits per heavy atom. The standard InChI is InChI=1S/C18H19N3O2/c1-12(2)20-21-18(23)14-7-9-16(10-8-14)19-17(22)15-6-4-5-13(3)11-15/h4-11H,1-3H3,(H,19,22)(H,21,23). The zero-order valence-corrected chi connectivity index (χ0v) is 13.4. The number of anilines is 1. The highest BCUT2D eigenvalue weighted by atomic mass is 16.2. The molecule has 0 unspecified atom stereocenters. The fourth-order valence-corrected chi connectivity index (χ4v) is 1.92. The van der Waals surface area contributed by atoms with Gasteiger partial charge < -0.3 is 5.32 Å². The molecule has 118 valence electrons. The van der Waals surface area contributed by atoms with E-state index >= 15 is 0 Å². The Hall–Kier alpha value is -2.95. The van der Waals surface area contributed by atoms with Crippen LogP contribution in [0.25, 0.3) is 0 Å². The molecule has 0 saturated heterocycles. The SMILES string of the molecule is CC(C)=NNC(=O)c1ccc(NC(=O)c2cccc(C)c2)cc1. The van der Waals surface area contributed by atoms with Crippen LogP contribution in [-0.2, 0) is 0 Å². The van der Waals surface area contributed by atoms with Gasteiger partial charge in [0.25, 0.3) is 11.8 Å². The quantitative estimate of drug-likeness (QED) is 0.671. The van der Waals surface area contributed by atoms with E-state index in [0.29, 0.717) is 16.8 Å². The van der Waals surface area contributed by atoms with E-state index in [1.54, 1.807) is 44.2 Å². The van der Waals surface area contributed by atoms with Gasteiger partial charge in [0.05, 0.1) is 0 Å². The molecule has 0 saturated carbocycles. The molecule has 0 aliphatic heterocycles. The van der Waals surface area contributed by atoms with Crippen molar-refractivity contribution in [1.29, 1.82) is 0 Å². The number of amides is 2. The summed E-state index contributed by atoms with van der Waals surface area (Å²) >= 11 is 0. The van der Waals surface area contributed by atoms with Gasteiger partial charge in [-0.3, -0.25) is 9.59 Å². The fraction of sp³-hybridized carbons (Fsp3) is 0.167. The van der Waals surface area contributed by atoms with Gasteiger partial charge >= 0.3 is 0 Å². The number of nitrogens with zero attached hydrogens (tertiary/aromatic N) is 1. The molecule has 5 heteroatoms. The lowest BCUT2D eigenvalue weighted by atomic mass is 10.1. The number of hydrogen-bond donors (Lipinski definition) is 2. The molecule has 0 atom stereocenters. The van der Waals surface area contributed by atoms with E-state index in [1.165, 1.54) is 0 Å². The van der Waals surface area contributed by atoms with Crippen molar-refractivity contribution in [1.82, 2.24) is 5.43 Å². The van der Waals surface area contributed by atoms with Crippen LogP contribution in [0.2, 0.25) is 0 Å². The molecule has 0 fully saturated rings. The van der Waals surface area contributed by atoms with Crippen molar-refractivity contribution in [3.63, 3.8) is 0 Å². The smallest absolute Gasteiger partial charge is 0.271 e. The molecule has 0 spiro atoms. The van der Waals surface area contributed by atoms with Gasteiger partial charge in [0, 0.05) is 22.5 Å². The molecule has 2 aromatic rings.